The molecule has 1 atom stereocenters. The van der Waals surface area contributed by atoms with Crippen LogP contribution in [-0.4, -0.2) is 29.6 Å². The molecule has 0 saturated heterocycles. The van der Waals surface area contributed by atoms with Gasteiger partial charge in [0.2, 0.25) is 5.12 Å². The summed E-state index contributed by atoms with van der Waals surface area (Å²) in [6.07, 6.45) is -3.82. The quantitative estimate of drug-likeness (QED) is 0.649. The van der Waals surface area contributed by atoms with Crippen molar-refractivity contribution in [2.45, 2.75) is 31.4 Å². The maximum atomic E-state index is 13.3. The number of benzene rings is 1. The van der Waals surface area contributed by atoms with Gasteiger partial charge in [0.15, 0.2) is 0 Å². The van der Waals surface area contributed by atoms with Crippen molar-refractivity contribution < 1.29 is 22.4 Å². The zero-order chi connectivity index (χ0) is 15.0. The molecule has 112 valence electrons. The second-order valence-corrected chi connectivity index (χ2v) is 5.45. The molecule has 0 spiro atoms. The van der Waals surface area contributed by atoms with E-state index in [0.717, 1.165) is 11.8 Å². The zero-order valence-electron chi connectivity index (χ0n) is 10.8. The summed E-state index contributed by atoms with van der Waals surface area (Å²) in [6.45, 7) is -1.17. The van der Waals surface area contributed by atoms with Crippen molar-refractivity contribution in [3.8, 4) is 0 Å². The minimum Gasteiger partial charge on any atom is -0.282 e. The van der Waals surface area contributed by atoms with E-state index in [0.29, 0.717) is 5.56 Å². The van der Waals surface area contributed by atoms with E-state index in [9.17, 15) is 22.4 Å². The fourth-order valence-electron chi connectivity index (χ4n) is 1.60. The second kappa shape index (κ2) is 8.29. The Morgan fingerprint density at radius 1 is 1.25 bits per heavy atom. The van der Waals surface area contributed by atoms with E-state index >= 15 is 0 Å². The first-order valence-electron chi connectivity index (χ1n) is 6.24. The molecule has 0 heterocycles. The first-order chi connectivity index (χ1) is 9.44. The summed E-state index contributed by atoms with van der Waals surface area (Å²) >= 11 is 0.899. The number of hydrogen-bond acceptors (Lipinski definition) is 2. The van der Waals surface area contributed by atoms with E-state index in [1.54, 1.807) is 30.3 Å². The highest BCUT2D eigenvalue weighted by Crippen LogP contribution is 2.28. The van der Waals surface area contributed by atoms with Crippen LogP contribution in [0.2, 0.25) is 0 Å². The summed E-state index contributed by atoms with van der Waals surface area (Å²) in [6, 6.07) is 8.47. The molecule has 0 radical (unpaired) electrons. The van der Waals surface area contributed by atoms with Crippen molar-refractivity contribution in [2.75, 3.05) is 12.4 Å². The lowest BCUT2D eigenvalue weighted by Gasteiger charge is -2.16. The third-order valence-electron chi connectivity index (χ3n) is 2.65. The van der Waals surface area contributed by atoms with Crippen molar-refractivity contribution in [2.24, 2.45) is 0 Å². The molecule has 1 rings (SSSR count). The van der Waals surface area contributed by atoms with E-state index in [1.807, 2.05) is 0 Å². The molecule has 0 saturated carbocycles. The molecule has 0 fully saturated rings. The molecule has 20 heavy (non-hydrogen) atoms. The molecule has 0 N–H and O–H groups in total. The Kier molecular flexibility index (Phi) is 7.05. The van der Waals surface area contributed by atoms with Crippen LogP contribution in [0, 0.1) is 0 Å². The van der Waals surface area contributed by atoms with Gasteiger partial charge in [0.05, 0.1) is 6.67 Å². The molecule has 1 aromatic rings. The van der Waals surface area contributed by atoms with Gasteiger partial charge in [-0.25, -0.2) is 13.2 Å². The molecule has 6 heteroatoms. The highest BCUT2D eigenvalue weighted by atomic mass is 32.2. The Morgan fingerprint density at radius 2 is 1.90 bits per heavy atom. The van der Waals surface area contributed by atoms with Crippen LogP contribution in [0.3, 0.4) is 0 Å². The molecule has 0 aliphatic rings. The minimum atomic E-state index is -3.32. The minimum absolute atomic E-state index is 0.126. The molecular formula is C14H16F4OS. The van der Waals surface area contributed by atoms with E-state index in [4.69, 9.17) is 0 Å². The van der Waals surface area contributed by atoms with Crippen molar-refractivity contribution in [1.82, 2.24) is 0 Å². The van der Waals surface area contributed by atoms with Crippen molar-refractivity contribution in [3.63, 3.8) is 0 Å². The Morgan fingerprint density at radius 3 is 2.50 bits per heavy atom. The maximum absolute atomic E-state index is 13.3. The number of thioether (sulfide) groups is 1. The number of alkyl halides is 4. The van der Waals surface area contributed by atoms with Crippen LogP contribution in [0.25, 0.3) is 0 Å². The van der Waals surface area contributed by atoms with Crippen LogP contribution in [-0.2, 0) is 0 Å². The van der Waals surface area contributed by atoms with Gasteiger partial charge in [0, 0.05) is 24.2 Å². The summed E-state index contributed by atoms with van der Waals surface area (Å²) in [4.78, 5) is 11.7. The van der Waals surface area contributed by atoms with Gasteiger partial charge < -0.3 is 0 Å². The Balaban J connectivity index is 2.28. The van der Waals surface area contributed by atoms with Crippen LogP contribution >= 0.6 is 11.8 Å². The van der Waals surface area contributed by atoms with E-state index in [-0.39, 0.29) is 17.3 Å². The van der Waals surface area contributed by atoms with Gasteiger partial charge >= 0.3 is 0 Å². The summed E-state index contributed by atoms with van der Waals surface area (Å²) in [5.74, 6) is -3.19. The van der Waals surface area contributed by atoms with Crippen LogP contribution in [0.4, 0.5) is 17.6 Å². The topological polar surface area (TPSA) is 17.1 Å². The van der Waals surface area contributed by atoms with E-state index < -0.39 is 31.6 Å². The standard InChI is InChI=1S/C14H16F4OS/c15-8-7-14(17,18)10-12(16)6-9-20-13(19)11-4-2-1-3-5-11/h1-5,12H,6-10H2. The van der Waals surface area contributed by atoms with Crippen molar-refractivity contribution in [3.05, 3.63) is 35.9 Å². The summed E-state index contributed by atoms with van der Waals surface area (Å²) in [7, 11) is 0. The molecule has 1 unspecified atom stereocenters. The largest absolute Gasteiger partial charge is 0.282 e. The first-order valence-corrected chi connectivity index (χ1v) is 7.23. The lowest BCUT2D eigenvalue weighted by molar-refractivity contribution is -0.0401. The van der Waals surface area contributed by atoms with E-state index in [2.05, 4.69) is 0 Å². The fraction of sp³-hybridized carbons (Fsp3) is 0.500. The van der Waals surface area contributed by atoms with Gasteiger partial charge in [-0.05, 0) is 6.42 Å². The van der Waals surface area contributed by atoms with Gasteiger partial charge in [-0.2, -0.15) is 0 Å². The summed E-state index contributed by atoms with van der Waals surface area (Å²) in [5, 5.41) is -0.215. The van der Waals surface area contributed by atoms with Crippen LogP contribution in [0.1, 0.15) is 29.6 Å². The average molecular weight is 308 g/mol. The monoisotopic (exact) mass is 308 g/mol. The van der Waals surface area contributed by atoms with Gasteiger partial charge in [0.25, 0.3) is 5.92 Å². The van der Waals surface area contributed by atoms with Crippen LogP contribution < -0.4 is 0 Å². The third-order valence-corrected chi connectivity index (χ3v) is 3.59. The predicted octanol–water partition coefficient (Wildman–Crippen LogP) is 4.67. The fourth-order valence-corrected chi connectivity index (χ4v) is 2.47. The van der Waals surface area contributed by atoms with Gasteiger partial charge in [-0.15, -0.1) is 0 Å². The number of carbonyl (C=O) groups excluding carboxylic acids is 1. The molecule has 0 aliphatic heterocycles. The number of rotatable bonds is 8. The molecule has 1 nitrogen and oxygen atoms in total. The van der Waals surface area contributed by atoms with Crippen LogP contribution in [0.5, 0.6) is 0 Å². The van der Waals surface area contributed by atoms with Crippen molar-refractivity contribution in [1.29, 1.82) is 0 Å². The smallest absolute Gasteiger partial charge is 0.253 e. The number of halogens is 4. The number of carbonyl (C=O) groups is 1. The lowest BCUT2D eigenvalue weighted by Crippen LogP contribution is -2.23. The Hall–Kier alpha value is -1.04. The van der Waals surface area contributed by atoms with Gasteiger partial charge in [-0.1, -0.05) is 42.1 Å². The lowest BCUT2D eigenvalue weighted by atomic mass is 10.1. The normalized spacial score (nSPS) is 13.2. The molecule has 1 aromatic carbocycles. The second-order valence-electron chi connectivity index (χ2n) is 4.39. The molecule has 0 aliphatic carbocycles. The zero-order valence-corrected chi connectivity index (χ0v) is 11.6. The Labute approximate surface area is 119 Å². The van der Waals surface area contributed by atoms with E-state index in [1.165, 1.54) is 0 Å². The maximum Gasteiger partial charge on any atom is 0.253 e. The average Bonchev–Trinajstić information content (AvgIpc) is 2.38. The predicted molar refractivity (Wildman–Crippen MR) is 72.9 cm³/mol. The highest BCUT2D eigenvalue weighted by molar-refractivity contribution is 8.14. The molecular weight excluding hydrogens is 292 g/mol. The van der Waals surface area contributed by atoms with Gasteiger partial charge in [-0.3, -0.25) is 9.18 Å². The van der Waals surface area contributed by atoms with Crippen LogP contribution in [0.15, 0.2) is 30.3 Å². The third kappa shape index (κ3) is 6.41. The summed E-state index contributed by atoms with van der Waals surface area (Å²) < 4.78 is 51.1. The Bertz CT molecular complexity index is 411. The SMILES string of the molecule is O=C(SCCC(F)CC(F)(F)CCF)c1ccccc1. The molecule has 0 aromatic heterocycles. The number of hydrogen-bond donors (Lipinski definition) is 0. The first kappa shape index (κ1) is 17.0. The molecule has 0 amide bonds. The highest BCUT2D eigenvalue weighted by Gasteiger charge is 2.32. The van der Waals surface area contributed by atoms with Gasteiger partial charge in [0.1, 0.15) is 6.17 Å². The van der Waals surface area contributed by atoms with Crippen molar-refractivity contribution >= 4 is 16.9 Å². The summed E-state index contributed by atoms with van der Waals surface area (Å²) in [5.41, 5.74) is 0.496. The molecule has 0 bridgehead atoms.